The molecule has 1 atom stereocenters. The number of allylic oxidation sites excluding steroid dienone is 2. The van der Waals surface area contributed by atoms with E-state index in [4.69, 9.17) is 0 Å². The molecule has 0 aliphatic rings. The highest BCUT2D eigenvalue weighted by molar-refractivity contribution is 4.84. The SMILES string of the molecule is CCCCC/C=C/CC(CCCCC)C(C)C. The third-order valence-corrected chi connectivity index (χ3v) is 3.70. The molecule has 0 radical (unpaired) electrons. The lowest BCUT2D eigenvalue weighted by molar-refractivity contribution is 0.350. The lowest BCUT2D eigenvalue weighted by Gasteiger charge is -2.18. The molecule has 0 aliphatic heterocycles. The zero-order valence-electron chi connectivity index (χ0n) is 12.7. The molecule has 0 aromatic heterocycles. The molecule has 17 heavy (non-hydrogen) atoms. The fourth-order valence-electron chi connectivity index (χ4n) is 2.28. The van der Waals surface area contributed by atoms with E-state index >= 15 is 0 Å². The molecule has 0 amide bonds. The van der Waals surface area contributed by atoms with E-state index < -0.39 is 0 Å². The van der Waals surface area contributed by atoms with Crippen LogP contribution >= 0.6 is 0 Å². The second kappa shape index (κ2) is 12.2. The molecule has 1 unspecified atom stereocenters. The van der Waals surface area contributed by atoms with E-state index in [0.29, 0.717) is 0 Å². The molecule has 0 aromatic carbocycles. The van der Waals surface area contributed by atoms with E-state index in [2.05, 4.69) is 39.8 Å². The molecule has 0 saturated carbocycles. The van der Waals surface area contributed by atoms with Gasteiger partial charge in [0.1, 0.15) is 0 Å². The Labute approximate surface area is 110 Å². The summed E-state index contributed by atoms with van der Waals surface area (Å²) in [6.45, 7) is 9.31. The average molecular weight is 238 g/mol. The van der Waals surface area contributed by atoms with Crippen LogP contribution in [0.25, 0.3) is 0 Å². The Balaban J connectivity index is 3.68. The van der Waals surface area contributed by atoms with Crippen LogP contribution in [-0.2, 0) is 0 Å². The van der Waals surface area contributed by atoms with Gasteiger partial charge in [-0.2, -0.15) is 0 Å². The molecule has 102 valence electrons. The quantitative estimate of drug-likeness (QED) is 0.290. The number of hydrogen-bond acceptors (Lipinski definition) is 0. The summed E-state index contributed by atoms with van der Waals surface area (Å²) in [5, 5.41) is 0. The van der Waals surface area contributed by atoms with Gasteiger partial charge in [-0.3, -0.25) is 0 Å². The standard InChI is InChI=1S/C17H34/c1-5-7-9-10-11-13-15-17(16(3)4)14-12-8-6-2/h11,13,16-17H,5-10,12,14-15H2,1-4H3/b13-11+. The van der Waals surface area contributed by atoms with Crippen molar-refractivity contribution in [1.29, 1.82) is 0 Å². The third kappa shape index (κ3) is 10.6. The van der Waals surface area contributed by atoms with Gasteiger partial charge in [0.05, 0.1) is 0 Å². The minimum absolute atomic E-state index is 0.840. The van der Waals surface area contributed by atoms with E-state index in [1.54, 1.807) is 0 Å². The minimum Gasteiger partial charge on any atom is -0.0885 e. The van der Waals surface area contributed by atoms with Crippen molar-refractivity contribution in [3.63, 3.8) is 0 Å². The maximum Gasteiger partial charge on any atom is -0.0320 e. The van der Waals surface area contributed by atoms with Crippen LogP contribution < -0.4 is 0 Å². The normalized spacial score (nSPS) is 13.7. The smallest absolute Gasteiger partial charge is 0.0320 e. The predicted octanol–water partition coefficient (Wildman–Crippen LogP) is 6.37. The van der Waals surface area contributed by atoms with Crippen LogP contribution in [0.4, 0.5) is 0 Å². The molecule has 0 bridgehead atoms. The van der Waals surface area contributed by atoms with Crippen molar-refractivity contribution in [2.45, 2.75) is 85.5 Å². The molecule has 0 fully saturated rings. The van der Waals surface area contributed by atoms with Crippen LogP contribution in [0.1, 0.15) is 85.5 Å². The number of hydrogen-bond donors (Lipinski definition) is 0. The first kappa shape index (κ1) is 16.7. The Morgan fingerprint density at radius 3 is 2.06 bits per heavy atom. The zero-order valence-corrected chi connectivity index (χ0v) is 12.7. The fraction of sp³-hybridized carbons (Fsp3) is 0.882. The van der Waals surface area contributed by atoms with Crippen molar-refractivity contribution in [2.75, 3.05) is 0 Å². The van der Waals surface area contributed by atoms with Gasteiger partial charge in [-0.15, -0.1) is 0 Å². The lowest BCUT2D eigenvalue weighted by Crippen LogP contribution is -2.07. The molecule has 0 aromatic rings. The van der Waals surface area contributed by atoms with E-state index in [1.807, 2.05) is 0 Å². The highest BCUT2D eigenvalue weighted by Gasteiger charge is 2.10. The first-order chi connectivity index (χ1) is 8.22. The molecule has 0 spiro atoms. The summed E-state index contributed by atoms with van der Waals surface area (Å²) in [7, 11) is 0. The van der Waals surface area contributed by atoms with Gasteiger partial charge in [0.15, 0.2) is 0 Å². The summed E-state index contributed by atoms with van der Waals surface area (Å²) in [6, 6.07) is 0. The summed E-state index contributed by atoms with van der Waals surface area (Å²) in [5.41, 5.74) is 0. The highest BCUT2D eigenvalue weighted by Crippen LogP contribution is 2.22. The molecule has 0 heteroatoms. The molecule has 0 saturated heterocycles. The molecule has 0 rings (SSSR count). The van der Waals surface area contributed by atoms with Crippen molar-refractivity contribution < 1.29 is 0 Å². The topological polar surface area (TPSA) is 0 Å². The van der Waals surface area contributed by atoms with Crippen LogP contribution in [0.2, 0.25) is 0 Å². The monoisotopic (exact) mass is 238 g/mol. The van der Waals surface area contributed by atoms with E-state index in [0.717, 1.165) is 11.8 Å². The summed E-state index contributed by atoms with van der Waals surface area (Å²) in [4.78, 5) is 0. The second-order valence-electron chi connectivity index (χ2n) is 5.70. The Morgan fingerprint density at radius 1 is 0.824 bits per heavy atom. The van der Waals surface area contributed by atoms with Gasteiger partial charge < -0.3 is 0 Å². The average Bonchev–Trinajstić information content (AvgIpc) is 2.31. The van der Waals surface area contributed by atoms with Crippen LogP contribution in [0.5, 0.6) is 0 Å². The summed E-state index contributed by atoms with van der Waals surface area (Å²) in [5.74, 6) is 1.75. The Bertz CT molecular complexity index is 167. The van der Waals surface area contributed by atoms with Gasteiger partial charge >= 0.3 is 0 Å². The van der Waals surface area contributed by atoms with Gasteiger partial charge in [0, 0.05) is 0 Å². The van der Waals surface area contributed by atoms with Gasteiger partial charge in [0.25, 0.3) is 0 Å². The molecule has 0 N–H and O–H groups in total. The second-order valence-corrected chi connectivity index (χ2v) is 5.70. The third-order valence-electron chi connectivity index (χ3n) is 3.70. The summed E-state index contributed by atoms with van der Waals surface area (Å²) < 4.78 is 0. The summed E-state index contributed by atoms with van der Waals surface area (Å²) in [6.07, 6.45) is 17.1. The highest BCUT2D eigenvalue weighted by atomic mass is 14.2. The molecular formula is C17H34. The Hall–Kier alpha value is -0.260. The Morgan fingerprint density at radius 2 is 1.47 bits per heavy atom. The van der Waals surface area contributed by atoms with Crippen LogP contribution in [0, 0.1) is 11.8 Å². The molecular weight excluding hydrogens is 204 g/mol. The minimum atomic E-state index is 0.840. The largest absolute Gasteiger partial charge is 0.0885 e. The van der Waals surface area contributed by atoms with Crippen LogP contribution in [-0.4, -0.2) is 0 Å². The van der Waals surface area contributed by atoms with Crippen molar-refractivity contribution in [1.82, 2.24) is 0 Å². The van der Waals surface area contributed by atoms with Gasteiger partial charge in [-0.25, -0.2) is 0 Å². The van der Waals surface area contributed by atoms with E-state index in [9.17, 15) is 0 Å². The zero-order chi connectivity index (χ0) is 12.9. The molecule has 0 heterocycles. The van der Waals surface area contributed by atoms with Crippen molar-refractivity contribution in [3.8, 4) is 0 Å². The molecule has 0 aliphatic carbocycles. The maximum absolute atomic E-state index is 2.44. The number of unbranched alkanes of at least 4 members (excludes halogenated alkanes) is 5. The summed E-state index contributed by atoms with van der Waals surface area (Å²) >= 11 is 0. The van der Waals surface area contributed by atoms with Crippen molar-refractivity contribution in [2.24, 2.45) is 11.8 Å². The van der Waals surface area contributed by atoms with Crippen molar-refractivity contribution >= 4 is 0 Å². The molecule has 0 nitrogen and oxygen atoms in total. The van der Waals surface area contributed by atoms with Crippen molar-refractivity contribution in [3.05, 3.63) is 12.2 Å². The fourth-order valence-corrected chi connectivity index (χ4v) is 2.28. The van der Waals surface area contributed by atoms with E-state index in [-0.39, 0.29) is 0 Å². The number of rotatable bonds is 11. The predicted molar refractivity (Wildman–Crippen MR) is 80.4 cm³/mol. The van der Waals surface area contributed by atoms with E-state index in [1.165, 1.54) is 57.8 Å². The first-order valence-electron chi connectivity index (χ1n) is 7.87. The lowest BCUT2D eigenvalue weighted by atomic mass is 9.87. The van der Waals surface area contributed by atoms with Gasteiger partial charge in [0.2, 0.25) is 0 Å². The first-order valence-corrected chi connectivity index (χ1v) is 7.87. The maximum atomic E-state index is 2.44. The Kier molecular flexibility index (Phi) is 12.0. The van der Waals surface area contributed by atoms with Crippen LogP contribution in [0.15, 0.2) is 12.2 Å². The van der Waals surface area contributed by atoms with Gasteiger partial charge in [-0.05, 0) is 37.5 Å². The van der Waals surface area contributed by atoms with Gasteiger partial charge in [-0.1, -0.05) is 72.0 Å². The van der Waals surface area contributed by atoms with Crippen LogP contribution in [0.3, 0.4) is 0 Å².